The average Bonchev–Trinajstić information content (AvgIpc) is 3.01. The number of benzene rings is 1. The number of ether oxygens (including phenoxy) is 1. The van der Waals surface area contributed by atoms with Crippen molar-refractivity contribution in [2.24, 2.45) is 0 Å². The van der Waals surface area contributed by atoms with Gasteiger partial charge in [0.2, 0.25) is 0 Å². The van der Waals surface area contributed by atoms with Gasteiger partial charge >= 0.3 is 6.18 Å². The summed E-state index contributed by atoms with van der Waals surface area (Å²) in [6, 6.07) is 1.66. The highest BCUT2D eigenvalue weighted by molar-refractivity contribution is 5.83. The van der Waals surface area contributed by atoms with Crippen LogP contribution in [-0.2, 0) is 16.6 Å². The Kier molecular flexibility index (Phi) is 5.78. The van der Waals surface area contributed by atoms with Crippen molar-refractivity contribution < 1.29 is 32.9 Å². The fourth-order valence-electron chi connectivity index (χ4n) is 4.95. The first kappa shape index (κ1) is 24.0. The van der Waals surface area contributed by atoms with Crippen molar-refractivity contribution in [1.29, 1.82) is 0 Å². The van der Waals surface area contributed by atoms with E-state index in [0.717, 1.165) is 6.07 Å². The number of aromatic nitrogens is 2. The largest absolute Gasteiger partial charge is 0.492 e. The van der Waals surface area contributed by atoms with Crippen molar-refractivity contribution >= 4 is 16.8 Å². The summed E-state index contributed by atoms with van der Waals surface area (Å²) >= 11 is 0. The molecule has 0 unspecified atom stereocenters. The molecule has 1 aliphatic carbocycles. The molecule has 2 aromatic rings. The number of alkyl halides is 3. The van der Waals surface area contributed by atoms with Gasteiger partial charge in [0.05, 0.1) is 22.2 Å². The zero-order valence-electron chi connectivity index (χ0n) is 19.2. The van der Waals surface area contributed by atoms with Crippen molar-refractivity contribution in [2.75, 3.05) is 6.61 Å². The van der Waals surface area contributed by atoms with E-state index in [1.807, 2.05) is 6.92 Å². The molecule has 0 bridgehead atoms. The summed E-state index contributed by atoms with van der Waals surface area (Å²) in [4.78, 5) is 16.2. The molecule has 1 aliphatic heterocycles. The molecular formula is C23H30F3N3O4. The van der Waals surface area contributed by atoms with Crippen LogP contribution in [-0.4, -0.2) is 49.8 Å². The van der Waals surface area contributed by atoms with Crippen LogP contribution in [0, 0.1) is 0 Å². The van der Waals surface area contributed by atoms with Crippen LogP contribution < -0.4 is 10.1 Å². The lowest BCUT2D eigenvalue weighted by atomic mass is 9.76. The van der Waals surface area contributed by atoms with Gasteiger partial charge in [0.25, 0.3) is 0 Å². The number of carbonyl (C=O) groups is 1. The molecule has 0 radical (unpaired) electrons. The zero-order chi connectivity index (χ0) is 24.3. The maximum atomic E-state index is 14.2. The standard InChI is InChI=1S/C23H30F3N3O4/c1-12-5-15(30)6-13(27-12)11-33-16-7-17(23(24,25)26)19-18(8-16)28-20(21(2,3)31)29(19)14-9-22(4,32)10-14/h7-8,12-14,27,31-32H,5-6,9-11H2,1-4H3/t12-,13-,14?,22?/m0/s1. The minimum atomic E-state index is -4.69. The number of halogens is 3. The maximum Gasteiger partial charge on any atom is 0.418 e. The highest BCUT2D eigenvalue weighted by atomic mass is 19.4. The molecule has 7 nitrogen and oxygen atoms in total. The van der Waals surface area contributed by atoms with Crippen molar-refractivity contribution in [3.05, 3.63) is 23.5 Å². The van der Waals surface area contributed by atoms with E-state index in [-0.39, 0.29) is 66.3 Å². The summed E-state index contributed by atoms with van der Waals surface area (Å²) in [5.41, 5.74) is -3.45. The first-order valence-electron chi connectivity index (χ1n) is 11.1. The van der Waals surface area contributed by atoms with E-state index in [1.165, 1.54) is 24.5 Å². The average molecular weight is 470 g/mol. The number of nitrogens with zero attached hydrogens (tertiary/aromatic N) is 2. The number of ketones is 1. The molecule has 1 aromatic heterocycles. The smallest absolute Gasteiger partial charge is 0.418 e. The molecule has 2 fully saturated rings. The van der Waals surface area contributed by atoms with Gasteiger partial charge in [-0.3, -0.25) is 4.79 Å². The van der Waals surface area contributed by atoms with Gasteiger partial charge in [0.1, 0.15) is 29.6 Å². The van der Waals surface area contributed by atoms with Gasteiger partial charge in [0.15, 0.2) is 0 Å². The SMILES string of the molecule is C[C@H]1CC(=O)C[C@@H](COc2cc(C(F)(F)F)c3c(c2)nc(C(C)(C)O)n3C2CC(C)(O)C2)N1. The summed E-state index contributed by atoms with van der Waals surface area (Å²) in [5.74, 6) is 0.190. The second kappa shape index (κ2) is 7.95. The molecule has 1 aromatic carbocycles. The molecular weight excluding hydrogens is 439 g/mol. The highest BCUT2D eigenvalue weighted by Gasteiger charge is 2.45. The Bertz CT molecular complexity index is 1060. The number of nitrogens with one attached hydrogen (secondary N) is 1. The van der Waals surface area contributed by atoms with Crippen molar-refractivity contribution in [3.8, 4) is 5.75 Å². The molecule has 2 aliphatic rings. The monoisotopic (exact) mass is 469 g/mol. The van der Waals surface area contributed by atoms with Crippen LogP contribution in [0.5, 0.6) is 5.75 Å². The lowest BCUT2D eigenvalue weighted by molar-refractivity contribution is -0.136. The Morgan fingerprint density at radius 3 is 2.48 bits per heavy atom. The number of carbonyl (C=O) groups excluding carboxylic acids is 1. The number of hydrogen-bond acceptors (Lipinski definition) is 6. The third-order valence-corrected chi connectivity index (χ3v) is 6.31. The van der Waals surface area contributed by atoms with E-state index in [1.54, 1.807) is 6.92 Å². The molecule has 0 amide bonds. The van der Waals surface area contributed by atoms with E-state index in [2.05, 4.69) is 10.3 Å². The number of imidazole rings is 1. The summed E-state index contributed by atoms with van der Waals surface area (Å²) in [7, 11) is 0. The van der Waals surface area contributed by atoms with Crippen LogP contribution in [0.1, 0.15) is 70.8 Å². The molecule has 1 saturated heterocycles. The van der Waals surface area contributed by atoms with Crippen LogP contribution in [0.3, 0.4) is 0 Å². The van der Waals surface area contributed by atoms with Gasteiger partial charge in [-0.25, -0.2) is 4.98 Å². The maximum absolute atomic E-state index is 14.2. The number of hydrogen-bond donors (Lipinski definition) is 3. The number of Topliss-reactive ketones (excluding diaryl/α,β-unsaturated/α-hetero) is 1. The Hall–Kier alpha value is -2.17. The second-order valence-electron chi connectivity index (χ2n) is 10.3. The van der Waals surface area contributed by atoms with Crippen LogP contribution in [0.15, 0.2) is 12.1 Å². The van der Waals surface area contributed by atoms with Gasteiger partial charge in [-0.1, -0.05) is 0 Å². The molecule has 10 heteroatoms. The summed E-state index contributed by atoms with van der Waals surface area (Å²) in [5, 5.41) is 24.1. The summed E-state index contributed by atoms with van der Waals surface area (Å²) in [6.45, 7) is 6.50. The van der Waals surface area contributed by atoms with Crippen LogP contribution >= 0.6 is 0 Å². The molecule has 182 valence electrons. The van der Waals surface area contributed by atoms with Crippen molar-refractivity contribution in [1.82, 2.24) is 14.9 Å². The predicted octanol–water partition coefficient (Wildman–Crippen LogP) is 3.46. The third kappa shape index (κ3) is 4.88. The molecule has 3 N–H and O–H groups in total. The quantitative estimate of drug-likeness (QED) is 0.621. The Labute approximate surface area is 189 Å². The molecule has 4 rings (SSSR count). The normalized spacial score (nSPS) is 28.8. The van der Waals surface area contributed by atoms with E-state index in [4.69, 9.17) is 4.74 Å². The minimum absolute atomic E-state index is 0.00477. The Morgan fingerprint density at radius 1 is 1.27 bits per heavy atom. The van der Waals surface area contributed by atoms with Crippen LogP contribution in [0.4, 0.5) is 13.2 Å². The molecule has 2 atom stereocenters. The van der Waals surface area contributed by atoms with E-state index >= 15 is 0 Å². The number of aliphatic hydroxyl groups is 2. The van der Waals surface area contributed by atoms with Gasteiger partial charge < -0.3 is 24.8 Å². The van der Waals surface area contributed by atoms with Crippen molar-refractivity contribution in [2.45, 2.75) is 88.9 Å². The minimum Gasteiger partial charge on any atom is -0.492 e. The van der Waals surface area contributed by atoms with Crippen LogP contribution in [0.25, 0.3) is 11.0 Å². The third-order valence-electron chi connectivity index (χ3n) is 6.31. The molecule has 0 spiro atoms. The van der Waals surface area contributed by atoms with E-state index < -0.39 is 29.0 Å². The topological polar surface area (TPSA) is 96.6 Å². The van der Waals surface area contributed by atoms with Crippen molar-refractivity contribution in [3.63, 3.8) is 0 Å². The number of piperidine rings is 1. The van der Waals surface area contributed by atoms with Gasteiger partial charge in [-0.2, -0.15) is 13.2 Å². The van der Waals surface area contributed by atoms with E-state index in [9.17, 15) is 28.2 Å². The Morgan fingerprint density at radius 2 is 1.94 bits per heavy atom. The molecule has 1 saturated carbocycles. The fraction of sp³-hybridized carbons (Fsp3) is 0.652. The second-order valence-corrected chi connectivity index (χ2v) is 10.3. The fourth-order valence-corrected chi connectivity index (χ4v) is 4.95. The van der Waals surface area contributed by atoms with Gasteiger partial charge in [-0.15, -0.1) is 0 Å². The Balaban J connectivity index is 1.75. The lowest BCUT2D eigenvalue weighted by Gasteiger charge is -2.43. The molecule has 33 heavy (non-hydrogen) atoms. The van der Waals surface area contributed by atoms with Crippen LogP contribution in [0.2, 0.25) is 0 Å². The van der Waals surface area contributed by atoms with Gasteiger partial charge in [0, 0.05) is 37.0 Å². The predicted molar refractivity (Wildman–Crippen MR) is 115 cm³/mol. The summed E-state index contributed by atoms with van der Waals surface area (Å²) < 4.78 is 49.6. The first-order chi connectivity index (χ1) is 15.1. The number of rotatable bonds is 5. The lowest BCUT2D eigenvalue weighted by Crippen LogP contribution is -2.47. The zero-order valence-corrected chi connectivity index (χ0v) is 19.2. The number of fused-ring (bicyclic) bond motifs is 1. The summed E-state index contributed by atoms with van der Waals surface area (Å²) in [6.07, 6.45) is -3.48. The first-order valence-corrected chi connectivity index (χ1v) is 11.1. The van der Waals surface area contributed by atoms with Gasteiger partial charge in [-0.05, 0) is 46.6 Å². The highest BCUT2D eigenvalue weighted by Crippen LogP contribution is 2.47. The van der Waals surface area contributed by atoms with E-state index in [0.29, 0.717) is 6.42 Å². The molecule has 2 heterocycles.